The highest BCUT2D eigenvalue weighted by molar-refractivity contribution is 6.32. The lowest BCUT2D eigenvalue weighted by Crippen LogP contribution is -2.04. The van der Waals surface area contributed by atoms with Crippen LogP contribution in [-0.4, -0.2) is 24.9 Å². The maximum Gasteiger partial charge on any atom is 0.260 e. The van der Waals surface area contributed by atoms with E-state index in [1.54, 1.807) is 7.11 Å². The largest absolute Gasteiger partial charge is 0.504 e. The molecule has 0 saturated heterocycles. The van der Waals surface area contributed by atoms with Gasteiger partial charge in [0.1, 0.15) is 5.75 Å². The Balaban J connectivity index is 2.10. The Labute approximate surface area is 130 Å². The van der Waals surface area contributed by atoms with Gasteiger partial charge in [0.25, 0.3) is 5.91 Å². The SMILES string of the molecule is COc1cccc2c1cc1c3c(c(O)c4c(c32)OCO4)C(=O)N1. The summed E-state index contributed by atoms with van der Waals surface area (Å²) in [7, 11) is 1.60. The minimum atomic E-state index is -0.352. The molecular formula is C17H11NO5. The van der Waals surface area contributed by atoms with Crippen molar-refractivity contribution in [2.75, 3.05) is 19.2 Å². The third-order valence-corrected chi connectivity index (χ3v) is 4.38. The van der Waals surface area contributed by atoms with E-state index in [2.05, 4.69) is 5.32 Å². The number of carbonyl (C=O) groups excluding carboxylic acids is 1. The number of benzene rings is 3. The molecule has 2 N–H and O–H groups in total. The molecule has 3 aromatic rings. The van der Waals surface area contributed by atoms with E-state index >= 15 is 0 Å². The van der Waals surface area contributed by atoms with Gasteiger partial charge in [-0.05, 0) is 17.5 Å². The van der Waals surface area contributed by atoms with Crippen molar-refractivity contribution >= 4 is 33.1 Å². The van der Waals surface area contributed by atoms with E-state index in [-0.39, 0.29) is 29.8 Å². The lowest BCUT2D eigenvalue weighted by atomic mass is 9.96. The molecule has 2 aliphatic rings. The van der Waals surface area contributed by atoms with Crippen molar-refractivity contribution in [1.82, 2.24) is 0 Å². The van der Waals surface area contributed by atoms with Gasteiger partial charge in [-0.3, -0.25) is 4.79 Å². The van der Waals surface area contributed by atoms with Crippen molar-refractivity contribution in [2.24, 2.45) is 0 Å². The molecule has 23 heavy (non-hydrogen) atoms. The number of methoxy groups -OCH3 is 1. The molecule has 0 saturated carbocycles. The summed E-state index contributed by atoms with van der Waals surface area (Å²) in [6, 6.07) is 7.52. The summed E-state index contributed by atoms with van der Waals surface area (Å²) in [4.78, 5) is 12.3. The molecule has 3 aromatic carbocycles. The number of ether oxygens (including phenoxy) is 3. The molecule has 2 heterocycles. The molecule has 1 amide bonds. The molecule has 0 spiro atoms. The number of fused-ring (bicyclic) bond motifs is 4. The lowest BCUT2D eigenvalue weighted by molar-refractivity contribution is 0.102. The van der Waals surface area contributed by atoms with Crippen LogP contribution in [0.3, 0.4) is 0 Å². The Bertz CT molecular complexity index is 1040. The molecule has 6 heteroatoms. The molecular weight excluding hydrogens is 298 g/mol. The Kier molecular flexibility index (Phi) is 2.15. The fourth-order valence-electron chi connectivity index (χ4n) is 3.45. The van der Waals surface area contributed by atoms with Gasteiger partial charge in [0.2, 0.25) is 12.5 Å². The van der Waals surface area contributed by atoms with Gasteiger partial charge in [-0.1, -0.05) is 12.1 Å². The standard InChI is InChI=1S/C17H11NO5/c1-21-10-4-2-3-7-8(10)5-9-12-11(7)15-16(23-6-22-15)14(19)13(12)17(20)18-9/h2-5,19H,6H2,1H3,(H,18,20). The fraction of sp³-hybridized carbons (Fsp3) is 0.118. The second-order valence-electron chi connectivity index (χ2n) is 5.47. The summed E-state index contributed by atoms with van der Waals surface area (Å²) in [5.74, 6) is 0.839. The number of aromatic hydroxyl groups is 1. The fourth-order valence-corrected chi connectivity index (χ4v) is 3.45. The van der Waals surface area contributed by atoms with Crippen LogP contribution in [0.5, 0.6) is 23.0 Å². The zero-order valence-corrected chi connectivity index (χ0v) is 12.1. The van der Waals surface area contributed by atoms with Gasteiger partial charge in [0.05, 0.1) is 18.4 Å². The second-order valence-corrected chi connectivity index (χ2v) is 5.47. The Hall–Kier alpha value is -3.15. The Morgan fingerprint density at radius 2 is 2.00 bits per heavy atom. The number of anilines is 1. The summed E-state index contributed by atoms with van der Waals surface area (Å²) >= 11 is 0. The first-order chi connectivity index (χ1) is 11.2. The third kappa shape index (κ3) is 1.35. The second kappa shape index (κ2) is 3.98. The van der Waals surface area contributed by atoms with Crippen LogP contribution in [0.2, 0.25) is 0 Å². The van der Waals surface area contributed by atoms with Gasteiger partial charge >= 0.3 is 0 Å². The molecule has 0 aromatic heterocycles. The monoisotopic (exact) mass is 309 g/mol. The van der Waals surface area contributed by atoms with Crippen molar-refractivity contribution in [2.45, 2.75) is 0 Å². The molecule has 0 aliphatic carbocycles. The summed E-state index contributed by atoms with van der Waals surface area (Å²) in [6.07, 6.45) is 0. The lowest BCUT2D eigenvalue weighted by Gasteiger charge is -2.12. The normalized spacial score (nSPS) is 14.6. The number of carbonyl (C=O) groups is 1. The topological polar surface area (TPSA) is 77.0 Å². The van der Waals surface area contributed by atoms with Crippen molar-refractivity contribution in [3.05, 3.63) is 29.8 Å². The van der Waals surface area contributed by atoms with Gasteiger partial charge in [-0.15, -0.1) is 0 Å². The van der Waals surface area contributed by atoms with Crippen LogP contribution in [0.1, 0.15) is 10.4 Å². The van der Waals surface area contributed by atoms with E-state index in [1.807, 2.05) is 24.3 Å². The van der Waals surface area contributed by atoms with Gasteiger partial charge in [0, 0.05) is 16.2 Å². The number of phenolic OH excluding ortho intramolecular Hbond substituents is 1. The Morgan fingerprint density at radius 3 is 2.83 bits per heavy atom. The number of hydrogen-bond acceptors (Lipinski definition) is 5. The quantitative estimate of drug-likeness (QED) is 0.676. The van der Waals surface area contributed by atoms with Crippen LogP contribution in [-0.2, 0) is 0 Å². The van der Waals surface area contributed by atoms with E-state index in [9.17, 15) is 9.90 Å². The van der Waals surface area contributed by atoms with Crippen molar-refractivity contribution in [3.8, 4) is 23.0 Å². The molecule has 5 rings (SSSR count). The first-order valence-electron chi connectivity index (χ1n) is 7.10. The predicted octanol–water partition coefficient (Wildman–Crippen LogP) is 3.00. The highest BCUT2D eigenvalue weighted by Crippen LogP contribution is 2.55. The van der Waals surface area contributed by atoms with E-state index in [0.29, 0.717) is 22.6 Å². The highest BCUT2D eigenvalue weighted by Gasteiger charge is 2.35. The summed E-state index contributed by atoms with van der Waals surface area (Å²) in [5.41, 5.74) is 0.856. The summed E-state index contributed by atoms with van der Waals surface area (Å²) < 4.78 is 16.4. The van der Waals surface area contributed by atoms with Crippen molar-refractivity contribution in [1.29, 1.82) is 0 Å². The third-order valence-electron chi connectivity index (χ3n) is 4.38. The van der Waals surface area contributed by atoms with E-state index in [1.165, 1.54) is 0 Å². The molecule has 0 fully saturated rings. The maximum atomic E-state index is 12.3. The van der Waals surface area contributed by atoms with Crippen molar-refractivity contribution < 1.29 is 24.1 Å². The number of nitrogens with one attached hydrogen (secondary N) is 1. The molecule has 6 nitrogen and oxygen atoms in total. The first kappa shape index (κ1) is 12.4. The molecule has 0 bridgehead atoms. The van der Waals surface area contributed by atoms with Gasteiger partial charge < -0.3 is 24.6 Å². The minimum Gasteiger partial charge on any atom is -0.504 e. The molecule has 2 aliphatic heterocycles. The maximum absolute atomic E-state index is 12.3. The number of amides is 1. The molecule has 114 valence electrons. The minimum absolute atomic E-state index is 0.0127. The number of hydrogen-bond donors (Lipinski definition) is 2. The van der Waals surface area contributed by atoms with E-state index in [0.717, 1.165) is 16.2 Å². The zero-order chi connectivity index (χ0) is 15.7. The number of phenols is 1. The van der Waals surface area contributed by atoms with Crippen LogP contribution >= 0.6 is 0 Å². The van der Waals surface area contributed by atoms with Crippen molar-refractivity contribution in [3.63, 3.8) is 0 Å². The van der Waals surface area contributed by atoms with E-state index < -0.39 is 0 Å². The Morgan fingerprint density at radius 1 is 1.17 bits per heavy atom. The molecule has 0 radical (unpaired) electrons. The summed E-state index contributed by atoms with van der Waals surface area (Å²) in [6.45, 7) is 0.0127. The van der Waals surface area contributed by atoms with Crippen LogP contribution < -0.4 is 19.5 Å². The van der Waals surface area contributed by atoms with E-state index in [4.69, 9.17) is 14.2 Å². The summed E-state index contributed by atoms with van der Waals surface area (Å²) in [5, 5.41) is 16.3. The predicted molar refractivity (Wildman–Crippen MR) is 83.7 cm³/mol. The van der Waals surface area contributed by atoms with Gasteiger partial charge in [-0.25, -0.2) is 0 Å². The van der Waals surface area contributed by atoms with Gasteiger partial charge in [0.15, 0.2) is 11.5 Å². The van der Waals surface area contributed by atoms with Crippen LogP contribution in [0.4, 0.5) is 5.69 Å². The highest BCUT2D eigenvalue weighted by atomic mass is 16.7. The first-order valence-corrected chi connectivity index (χ1v) is 7.10. The van der Waals surface area contributed by atoms with Crippen LogP contribution in [0.15, 0.2) is 24.3 Å². The molecule has 0 atom stereocenters. The zero-order valence-electron chi connectivity index (χ0n) is 12.1. The smallest absolute Gasteiger partial charge is 0.260 e. The molecule has 0 unspecified atom stereocenters. The van der Waals surface area contributed by atoms with Crippen LogP contribution in [0.25, 0.3) is 21.5 Å². The average molecular weight is 309 g/mol. The number of rotatable bonds is 1. The van der Waals surface area contributed by atoms with Gasteiger partial charge in [-0.2, -0.15) is 0 Å². The average Bonchev–Trinajstić information content (AvgIpc) is 3.15. The van der Waals surface area contributed by atoms with Crippen LogP contribution in [0, 0.1) is 0 Å².